The first kappa shape index (κ1) is 12.7. The zero-order chi connectivity index (χ0) is 11.3. The molecule has 4 N–H and O–H groups in total. The smallest absolute Gasteiger partial charge is 0.309 e. The lowest BCUT2D eigenvalue weighted by Crippen LogP contribution is -2.49. The Morgan fingerprint density at radius 2 is 1.87 bits per heavy atom. The van der Waals surface area contributed by atoms with Crippen molar-refractivity contribution in [3.05, 3.63) is 0 Å². The van der Waals surface area contributed by atoms with Crippen LogP contribution in [0.1, 0.15) is 0 Å². The predicted molar refractivity (Wildman–Crippen MR) is 61.8 cm³/mol. The lowest BCUT2D eigenvalue weighted by Gasteiger charge is -2.25. The van der Waals surface area contributed by atoms with Crippen LogP contribution in [0.2, 0.25) is 0 Å². The van der Waals surface area contributed by atoms with E-state index in [1.807, 2.05) is 0 Å². The maximum atomic E-state index is 10.9. The quantitative estimate of drug-likeness (QED) is 0.535. The maximum absolute atomic E-state index is 10.9. The molecule has 1 saturated heterocycles. The van der Waals surface area contributed by atoms with Crippen LogP contribution in [0.25, 0.3) is 0 Å². The summed E-state index contributed by atoms with van der Waals surface area (Å²) in [6.07, 6.45) is 0. The van der Waals surface area contributed by atoms with E-state index in [9.17, 15) is 14.7 Å². The molecule has 0 unspecified atom stereocenters. The van der Waals surface area contributed by atoms with Gasteiger partial charge in [0.25, 0.3) is 0 Å². The van der Waals surface area contributed by atoms with Crippen LogP contribution in [-0.2, 0) is 9.59 Å². The Kier molecular flexibility index (Phi) is 4.75. The van der Waals surface area contributed by atoms with Crippen molar-refractivity contribution in [2.24, 2.45) is 5.73 Å². The third kappa shape index (κ3) is 4.31. The number of hydrogen-bond donors (Lipinski definition) is 3. The van der Waals surface area contributed by atoms with Crippen LogP contribution >= 0.6 is 23.5 Å². The minimum Gasteiger partial charge on any atom is -0.386 e. The zero-order valence-corrected chi connectivity index (χ0v) is 9.83. The van der Waals surface area contributed by atoms with Crippen LogP contribution in [-0.4, -0.2) is 52.1 Å². The largest absolute Gasteiger partial charge is 0.386 e. The van der Waals surface area contributed by atoms with Crippen molar-refractivity contribution in [2.45, 2.75) is 5.60 Å². The molecule has 0 aromatic rings. The topological polar surface area (TPSA) is 92.4 Å². The van der Waals surface area contributed by atoms with Crippen LogP contribution in [0.3, 0.4) is 0 Å². The van der Waals surface area contributed by atoms with Gasteiger partial charge in [-0.2, -0.15) is 23.5 Å². The number of rotatable bonds is 2. The number of nitrogens with two attached hydrogens (primary N) is 1. The van der Waals surface area contributed by atoms with Gasteiger partial charge in [0.05, 0.1) is 5.60 Å². The molecule has 1 rings (SSSR count). The molecule has 5 nitrogen and oxygen atoms in total. The second kappa shape index (κ2) is 5.62. The van der Waals surface area contributed by atoms with Gasteiger partial charge in [0, 0.05) is 29.6 Å². The molecule has 0 aromatic carbocycles. The Morgan fingerprint density at radius 1 is 1.33 bits per heavy atom. The summed E-state index contributed by atoms with van der Waals surface area (Å²) in [5.74, 6) is 1.26. The summed E-state index contributed by atoms with van der Waals surface area (Å²) in [4.78, 5) is 21.4. The van der Waals surface area contributed by atoms with Gasteiger partial charge < -0.3 is 16.2 Å². The van der Waals surface area contributed by atoms with Gasteiger partial charge in [-0.05, 0) is 0 Å². The van der Waals surface area contributed by atoms with Gasteiger partial charge in [-0.1, -0.05) is 0 Å². The van der Waals surface area contributed by atoms with E-state index in [0.717, 1.165) is 11.5 Å². The fourth-order valence-electron chi connectivity index (χ4n) is 1.12. The van der Waals surface area contributed by atoms with Crippen molar-refractivity contribution in [3.8, 4) is 0 Å². The first-order valence-electron chi connectivity index (χ1n) is 4.49. The van der Waals surface area contributed by atoms with Crippen molar-refractivity contribution in [1.29, 1.82) is 0 Å². The summed E-state index contributed by atoms with van der Waals surface area (Å²) in [5.41, 5.74) is 3.85. The molecular formula is C8H14N2O3S2. The Bertz CT molecular complexity index is 252. The Morgan fingerprint density at radius 3 is 2.33 bits per heavy atom. The molecule has 1 heterocycles. The summed E-state index contributed by atoms with van der Waals surface area (Å²) in [7, 11) is 0. The van der Waals surface area contributed by atoms with E-state index in [2.05, 4.69) is 5.32 Å². The summed E-state index contributed by atoms with van der Waals surface area (Å²) in [6.45, 7) is 0.0781. The molecular weight excluding hydrogens is 236 g/mol. The van der Waals surface area contributed by atoms with E-state index in [4.69, 9.17) is 5.73 Å². The molecule has 86 valence electrons. The lowest BCUT2D eigenvalue weighted by molar-refractivity contribution is -0.137. The molecule has 0 spiro atoms. The summed E-state index contributed by atoms with van der Waals surface area (Å²) >= 11 is 3.29. The molecule has 1 fully saturated rings. The van der Waals surface area contributed by atoms with E-state index in [0.29, 0.717) is 11.5 Å². The molecule has 0 aromatic heterocycles. The lowest BCUT2D eigenvalue weighted by atomic mass is 10.1. The highest BCUT2D eigenvalue weighted by molar-refractivity contribution is 8.03. The predicted octanol–water partition coefficient (Wildman–Crippen LogP) is -1.20. The van der Waals surface area contributed by atoms with Crippen molar-refractivity contribution < 1.29 is 14.7 Å². The Hall–Kier alpha value is -0.400. The minimum atomic E-state index is -1.02. The highest BCUT2D eigenvalue weighted by Gasteiger charge is 2.29. The third-order valence-electron chi connectivity index (χ3n) is 1.92. The van der Waals surface area contributed by atoms with Gasteiger partial charge >= 0.3 is 11.8 Å². The number of carbonyl (C=O) groups is 2. The molecule has 2 amide bonds. The number of nitrogens with one attached hydrogen (secondary N) is 1. The van der Waals surface area contributed by atoms with E-state index < -0.39 is 17.4 Å². The van der Waals surface area contributed by atoms with E-state index >= 15 is 0 Å². The Labute approximate surface area is 96.5 Å². The molecule has 15 heavy (non-hydrogen) atoms. The van der Waals surface area contributed by atoms with E-state index in [-0.39, 0.29) is 6.54 Å². The van der Waals surface area contributed by atoms with Gasteiger partial charge in [-0.25, -0.2) is 0 Å². The first-order valence-corrected chi connectivity index (χ1v) is 6.80. The normalized spacial score (nSPS) is 20.3. The number of carbonyl (C=O) groups excluding carboxylic acids is 2. The standard InChI is InChI=1S/C8H14N2O3S2/c9-6(11)7(12)10-3-8(13)4-14-1-2-15-5-8/h13H,1-5H2,(H2,9,11)(H,10,12). The average molecular weight is 250 g/mol. The second-order valence-electron chi connectivity index (χ2n) is 3.38. The second-order valence-corrected chi connectivity index (χ2v) is 5.59. The average Bonchev–Trinajstić information content (AvgIpc) is 2.40. The van der Waals surface area contributed by atoms with Crippen molar-refractivity contribution in [1.82, 2.24) is 5.32 Å². The van der Waals surface area contributed by atoms with Crippen LogP contribution in [0.4, 0.5) is 0 Å². The molecule has 0 radical (unpaired) electrons. The molecule has 0 bridgehead atoms. The summed E-state index contributed by atoms with van der Waals surface area (Å²) in [6, 6.07) is 0. The molecule has 0 saturated carbocycles. The fourth-order valence-corrected chi connectivity index (χ4v) is 3.65. The molecule has 7 heteroatoms. The third-order valence-corrected chi connectivity index (χ3v) is 4.64. The first-order chi connectivity index (χ1) is 7.03. The number of aliphatic hydroxyl groups is 1. The minimum absolute atomic E-state index is 0.0781. The van der Waals surface area contributed by atoms with Crippen LogP contribution in [0, 0.1) is 0 Å². The summed E-state index contributed by atoms with van der Waals surface area (Å²) in [5, 5.41) is 12.4. The van der Waals surface area contributed by atoms with Crippen molar-refractivity contribution >= 4 is 35.3 Å². The molecule has 1 aliphatic rings. The molecule has 0 atom stereocenters. The monoisotopic (exact) mass is 250 g/mol. The van der Waals surface area contributed by atoms with Gasteiger partial charge in [0.1, 0.15) is 0 Å². The van der Waals surface area contributed by atoms with Gasteiger partial charge in [0.2, 0.25) is 0 Å². The van der Waals surface area contributed by atoms with E-state index in [1.165, 1.54) is 0 Å². The SMILES string of the molecule is NC(=O)C(=O)NCC1(O)CSCCSC1. The van der Waals surface area contributed by atoms with Gasteiger partial charge in [-0.15, -0.1) is 0 Å². The number of hydrogen-bond acceptors (Lipinski definition) is 5. The Balaban J connectivity index is 2.40. The van der Waals surface area contributed by atoms with E-state index in [1.54, 1.807) is 23.5 Å². The van der Waals surface area contributed by atoms with Crippen LogP contribution in [0.15, 0.2) is 0 Å². The van der Waals surface area contributed by atoms with Gasteiger partial charge in [-0.3, -0.25) is 9.59 Å². The number of thioether (sulfide) groups is 2. The number of amides is 2. The highest BCUT2D eigenvalue weighted by Crippen LogP contribution is 2.24. The van der Waals surface area contributed by atoms with Crippen LogP contribution < -0.4 is 11.1 Å². The molecule has 0 aliphatic carbocycles. The zero-order valence-electron chi connectivity index (χ0n) is 8.19. The summed E-state index contributed by atoms with van der Waals surface area (Å²) < 4.78 is 0. The highest BCUT2D eigenvalue weighted by atomic mass is 32.2. The van der Waals surface area contributed by atoms with Gasteiger partial charge in [0.15, 0.2) is 0 Å². The molecule has 1 aliphatic heterocycles. The van der Waals surface area contributed by atoms with Crippen molar-refractivity contribution in [3.63, 3.8) is 0 Å². The fraction of sp³-hybridized carbons (Fsp3) is 0.750. The van der Waals surface area contributed by atoms with Crippen LogP contribution in [0.5, 0.6) is 0 Å². The maximum Gasteiger partial charge on any atom is 0.309 e. The van der Waals surface area contributed by atoms with Crippen molar-refractivity contribution in [2.75, 3.05) is 29.6 Å². The number of primary amides is 1.